The Balaban J connectivity index is 1.16. The van der Waals surface area contributed by atoms with Crippen LogP contribution < -0.4 is 4.90 Å². The zero-order valence-electron chi connectivity index (χ0n) is 18.9. The zero-order chi connectivity index (χ0) is 25.0. The normalized spacial score (nSPS) is 17.5. The summed E-state index contributed by atoms with van der Waals surface area (Å²) in [5.41, 5.74) is 1.51. The maximum Gasteiger partial charge on any atom is 0.393 e. The number of nitrogens with zero attached hydrogens (tertiary/aromatic N) is 4. The Morgan fingerprint density at radius 2 is 1.74 bits per heavy atom. The van der Waals surface area contributed by atoms with E-state index in [9.17, 15) is 26.4 Å². The van der Waals surface area contributed by atoms with E-state index in [4.69, 9.17) is 0 Å². The van der Waals surface area contributed by atoms with Gasteiger partial charge >= 0.3 is 6.18 Å². The summed E-state index contributed by atoms with van der Waals surface area (Å²) < 4.78 is 61.2. The number of benzene rings is 1. The molecule has 0 bridgehead atoms. The van der Waals surface area contributed by atoms with Crippen molar-refractivity contribution in [2.24, 2.45) is 5.41 Å². The maximum atomic E-state index is 12.8. The monoisotopic (exact) mass is 524 g/mol. The molecule has 0 saturated carbocycles. The number of carbonyl (C=O) groups is 1. The Kier molecular flexibility index (Phi) is 5.78. The molecule has 35 heavy (non-hydrogen) atoms. The number of halogens is 3. The molecule has 7 nitrogen and oxygen atoms in total. The highest BCUT2D eigenvalue weighted by Crippen LogP contribution is 2.44. The first-order valence-corrected chi connectivity index (χ1v) is 13.8. The van der Waals surface area contributed by atoms with Gasteiger partial charge in [-0.15, -0.1) is 11.3 Å². The molecular weight excluding hydrogens is 501 g/mol. The molecule has 2 aromatic heterocycles. The van der Waals surface area contributed by atoms with Crippen molar-refractivity contribution in [3.63, 3.8) is 0 Å². The smallest absolute Gasteiger partial charge is 0.354 e. The summed E-state index contributed by atoms with van der Waals surface area (Å²) in [7, 11) is -3.11. The third-order valence-electron chi connectivity index (χ3n) is 6.30. The van der Waals surface area contributed by atoms with E-state index in [1.807, 2.05) is 9.80 Å². The second-order valence-electron chi connectivity index (χ2n) is 9.59. The standard InChI is InChI=1S/C23H23F3N4O3S2/c1-35(32,33)9-16-4-2-15(3-5-16)6-19(31)29-10-22(11-29)12-30(13-22)20-18-7-17(8-23(24,25)26)34-21(18)28-14-27-20/h2-5,7,14H,6,8-13H2,1H3. The summed E-state index contributed by atoms with van der Waals surface area (Å²) >= 11 is 1.04. The summed E-state index contributed by atoms with van der Waals surface area (Å²) in [6.45, 7) is 2.64. The van der Waals surface area contributed by atoms with E-state index in [0.29, 0.717) is 47.8 Å². The van der Waals surface area contributed by atoms with Crippen LogP contribution in [-0.4, -0.2) is 67.8 Å². The average molecular weight is 525 g/mol. The fourth-order valence-electron chi connectivity index (χ4n) is 4.83. The number of hydrogen-bond donors (Lipinski definition) is 0. The van der Waals surface area contributed by atoms with Crippen LogP contribution in [0.2, 0.25) is 0 Å². The lowest BCUT2D eigenvalue weighted by atomic mass is 9.72. The lowest BCUT2D eigenvalue weighted by molar-refractivity contribution is -0.144. The van der Waals surface area contributed by atoms with Gasteiger partial charge in [-0.05, 0) is 17.2 Å². The fraction of sp³-hybridized carbons (Fsp3) is 0.435. The van der Waals surface area contributed by atoms with Crippen LogP contribution in [-0.2, 0) is 33.2 Å². The van der Waals surface area contributed by atoms with E-state index in [0.717, 1.165) is 16.9 Å². The Hall–Kier alpha value is -2.73. The van der Waals surface area contributed by atoms with E-state index in [1.54, 1.807) is 24.3 Å². The van der Waals surface area contributed by atoms with Gasteiger partial charge in [0.15, 0.2) is 9.84 Å². The summed E-state index contributed by atoms with van der Waals surface area (Å²) in [6.07, 6.45) is -2.42. The molecule has 2 aliphatic heterocycles. The quantitative estimate of drug-likeness (QED) is 0.493. The minimum Gasteiger partial charge on any atom is -0.354 e. The van der Waals surface area contributed by atoms with Crippen LogP contribution in [0.5, 0.6) is 0 Å². The van der Waals surface area contributed by atoms with Gasteiger partial charge in [-0.3, -0.25) is 4.79 Å². The summed E-state index contributed by atoms with van der Waals surface area (Å²) in [4.78, 5) is 25.7. The highest BCUT2D eigenvalue weighted by Gasteiger charge is 2.53. The van der Waals surface area contributed by atoms with Gasteiger partial charge in [-0.1, -0.05) is 24.3 Å². The van der Waals surface area contributed by atoms with Crippen LogP contribution in [0.3, 0.4) is 0 Å². The van der Waals surface area contributed by atoms with Crippen LogP contribution in [0.25, 0.3) is 10.2 Å². The van der Waals surface area contributed by atoms with Gasteiger partial charge in [-0.25, -0.2) is 18.4 Å². The van der Waals surface area contributed by atoms with Gasteiger partial charge in [0.1, 0.15) is 17.0 Å². The molecule has 3 aromatic rings. The summed E-state index contributed by atoms with van der Waals surface area (Å²) in [5, 5.41) is 0.637. The highest BCUT2D eigenvalue weighted by molar-refractivity contribution is 7.89. The minimum atomic E-state index is -4.27. The first-order valence-electron chi connectivity index (χ1n) is 11.0. The van der Waals surface area contributed by atoms with Crippen molar-refractivity contribution in [1.29, 1.82) is 0 Å². The van der Waals surface area contributed by atoms with Crippen molar-refractivity contribution in [3.8, 4) is 0 Å². The summed E-state index contributed by atoms with van der Waals surface area (Å²) in [5.74, 6) is 0.633. The Labute approximate surface area is 204 Å². The van der Waals surface area contributed by atoms with E-state index in [2.05, 4.69) is 9.97 Å². The van der Waals surface area contributed by atoms with Crippen LogP contribution in [0, 0.1) is 5.41 Å². The SMILES string of the molecule is CS(=O)(=O)Cc1ccc(CC(=O)N2CC3(C2)CN(c2ncnc4sc(CC(F)(F)F)cc24)C3)cc1. The van der Waals surface area contributed by atoms with Gasteiger partial charge < -0.3 is 9.80 Å². The van der Waals surface area contributed by atoms with Gasteiger partial charge in [-0.2, -0.15) is 13.2 Å². The molecule has 0 atom stereocenters. The first-order chi connectivity index (χ1) is 16.4. The maximum absolute atomic E-state index is 12.8. The van der Waals surface area contributed by atoms with Crippen molar-refractivity contribution in [1.82, 2.24) is 14.9 Å². The van der Waals surface area contributed by atoms with Crippen LogP contribution in [0.1, 0.15) is 16.0 Å². The largest absolute Gasteiger partial charge is 0.393 e. The zero-order valence-corrected chi connectivity index (χ0v) is 20.5. The van der Waals surface area contributed by atoms with Crippen LogP contribution in [0.4, 0.5) is 19.0 Å². The highest BCUT2D eigenvalue weighted by atomic mass is 32.2. The van der Waals surface area contributed by atoms with Crippen molar-refractivity contribution in [2.75, 3.05) is 37.3 Å². The van der Waals surface area contributed by atoms with Gasteiger partial charge in [0.25, 0.3) is 0 Å². The second kappa shape index (κ2) is 8.44. The van der Waals surface area contributed by atoms with Crippen LogP contribution in [0.15, 0.2) is 36.7 Å². The number of anilines is 1. The van der Waals surface area contributed by atoms with E-state index >= 15 is 0 Å². The molecular formula is C23H23F3N4O3S2. The number of aromatic nitrogens is 2. The molecule has 2 aliphatic rings. The number of carbonyl (C=O) groups excluding carboxylic acids is 1. The van der Waals surface area contributed by atoms with Gasteiger partial charge in [0.2, 0.25) is 5.91 Å². The number of rotatable bonds is 6. The number of alkyl halides is 3. The molecule has 0 unspecified atom stereocenters. The molecule has 0 radical (unpaired) electrons. The molecule has 1 spiro atoms. The Morgan fingerprint density at radius 1 is 1.09 bits per heavy atom. The number of thiophene rings is 1. The average Bonchev–Trinajstić information content (AvgIpc) is 3.07. The molecule has 2 fully saturated rings. The summed E-state index contributed by atoms with van der Waals surface area (Å²) in [6, 6.07) is 8.57. The van der Waals surface area contributed by atoms with E-state index in [-0.39, 0.29) is 28.4 Å². The van der Waals surface area contributed by atoms with Gasteiger partial charge in [0, 0.05) is 42.7 Å². The van der Waals surface area contributed by atoms with Crippen molar-refractivity contribution >= 4 is 43.1 Å². The molecule has 5 rings (SSSR count). The Morgan fingerprint density at radius 3 is 2.37 bits per heavy atom. The van der Waals surface area contributed by atoms with Crippen molar-refractivity contribution in [3.05, 3.63) is 52.7 Å². The Bertz CT molecular complexity index is 1370. The predicted molar refractivity (Wildman–Crippen MR) is 127 cm³/mol. The number of likely N-dealkylation sites (tertiary alicyclic amines) is 1. The lowest BCUT2D eigenvalue weighted by Gasteiger charge is -2.60. The molecule has 1 amide bonds. The minimum absolute atomic E-state index is 0.0168. The fourth-order valence-corrected chi connectivity index (χ4v) is 6.64. The molecule has 0 aliphatic carbocycles. The number of fused-ring (bicyclic) bond motifs is 1. The number of hydrogen-bond acceptors (Lipinski definition) is 7. The molecule has 12 heteroatoms. The van der Waals surface area contributed by atoms with Crippen molar-refractivity contribution in [2.45, 2.75) is 24.8 Å². The van der Waals surface area contributed by atoms with Crippen molar-refractivity contribution < 1.29 is 26.4 Å². The topological polar surface area (TPSA) is 83.5 Å². The lowest BCUT2D eigenvalue weighted by Crippen LogP contribution is -2.73. The number of sulfone groups is 1. The molecule has 0 N–H and O–H groups in total. The molecule has 186 valence electrons. The van der Waals surface area contributed by atoms with Crippen LogP contribution >= 0.6 is 11.3 Å². The third-order valence-corrected chi connectivity index (χ3v) is 8.20. The first kappa shape index (κ1) is 24.0. The third kappa shape index (κ3) is 5.27. The molecule has 4 heterocycles. The molecule has 1 aromatic carbocycles. The van der Waals surface area contributed by atoms with E-state index < -0.39 is 22.4 Å². The number of amides is 1. The molecule has 2 saturated heterocycles. The predicted octanol–water partition coefficient (Wildman–Crippen LogP) is 3.23. The van der Waals surface area contributed by atoms with Gasteiger partial charge in [0.05, 0.1) is 24.0 Å². The second-order valence-corrected chi connectivity index (χ2v) is 12.8. The van der Waals surface area contributed by atoms with E-state index in [1.165, 1.54) is 18.6 Å².